The fraction of sp³-hybridized carbons (Fsp3) is 0. The van der Waals surface area contributed by atoms with E-state index in [-0.39, 0.29) is 5.15 Å². The second kappa shape index (κ2) is 1.26. The lowest BCUT2D eigenvalue weighted by atomic mass is 11.0. The van der Waals surface area contributed by atoms with Gasteiger partial charge in [0.2, 0.25) is 5.15 Å². The van der Waals surface area contributed by atoms with Crippen molar-refractivity contribution in [2.75, 3.05) is 0 Å². The van der Waals surface area contributed by atoms with Crippen molar-refractivity contribution in [3.8, 4) is 0 Å². The van der Waals surface area contributed by atoms with E-state index in [9.17, 15) is 0 Å². The quantitative estimate of drug-likeness (QED) is 0.481. The van der Waals surface area contributed by atoms with E-state index in [0.717, 1.165) is 0 Å². The average Bonchev–Trinajstić information content (AvgIpc) is 1.86. The predicted octanol–water partition coefficient (Wildman–Crippen LogP) is 0.523. The Morgan fingerprint density at radius 1 is 1.83 bits per heavy atom. The lowest BCUT2D eigenvalue weighted by Gasteiger charge is -1.54. The van der Waals surface area contributed by atoms with Crippen LogP contribution in [-0.2, 0) is 0 Å². The second-order valence-electron chi connectivity index (χ2n) is 0.667. The predicted molar refractivity (Wildman–Crippen MR) is 18.1 cm³/mol. The Labute approximate surface area is 38.9 Å². The lowest BCUT2D eigenvalue weighted by Crippen LogP contribution is -1.50. The van der Waals surface area contributed by atoms with Gasteiger partial charge < -0.3 is 0 Å². The van der Waals surface area contributed by atoms with Gasteiger partial charge in [-0.15, -0.1) is 0 Å². The molecule has 0 saturated heterocycles. The van der Waals surface area contributed by atoms with Crippen molar-refractivity contribution in [1.29, 1.82) is 0 Å². The normalized spacial score (nSPS) is 8.83. The van der Waals surface area contributed by atoms with E-state index in [1.807, 2.05) is 0 Å². The maximum atomic E-state index is 5.13. The largest absolute Gasteiger partial charge is 0.242 e. The molecule has 0 aliphatic heterocycles. The molecule has 3 nitrogen and oxygen atoms in total. The van der Waals surface area contributed by atoms with Crippen LogP contribution in [0.4, 0.5) is 0 Å². The van der Waals surface area contributed by atoms with Gasteiger partial charge in [-0.3, -0.25) is 0 Å². The zero-order chi connectivity index (χ0) is 4.41. The highest BCUT2D eigenvalue weighted by Gasteiger charge is 1.85. The van der Waals surface area contributed by atoms with Gasteiger partial charge in [0.1, 0.15) is 0 Å². The molecule has 1 heterocycles. The Hall–Kier alpha value is -0.570. The van der Waals surface area contributed by atoms with E-state index < -0.39 is 0 Å². The molecule has 0 N–H and O–H groups in total. The summed E-state index contributed by atoms with van der Waals surface area (Å²) in [6, 6.07) is 0. The van der Waals surface area contributed by atoms with Gasteiger partial charge in [0.15, 0.2) is 6.20 Å². The maximum Gasteiger partial charge on any atom is 0.203 e. The van der Waals surface area contributed by atoms with Crippen LogP contribution in [0.1, 0.15) is 0 Å². The molecule has 1 rings (SSSR count). The van der Waals surface area contributed by atoms with Gasteiger partial charge in [-0.25, -0.2) is 4.63 Å². The summed E-state index contributed by atoms with van der Waals surface area (Å²) in [6.07, 6.45) is 2.24. The van der Waals surface area contributed by atoms with Crippen LogP contribution in [0.3, 0.4) is 0 Å². The van der Waals surface area contributed by atoms with Crippen LogP contribution in [-0.4, -0.2) is 10.3 Å². The summed E-state index contributed by atoms with van der Waals surface area (Å²) >= 11 is 5.13. The number of halogens is 1. The van der Waals surface area contributed by atoms with Crippen molar-refractivity contribution in [3.05, 3.63) is 11.3 Å². The van der Waals surface area contributed by atoms with Crippen LogP contribution in [0.25, 0.3) is 0 Å². The Morgan fingerprint density at radius 3 is 2.83 bits per heavy atom. The van der Waals surface area contributed by atoms with Gasteiger partial charge in [-0.2, -0.15) is 0 Å². The molecule has 0 aromatic carbocycles. The molecule has 6 heavy (non-hydrogen) atoms. The molecule has 0 unspecified atom stereocenters. The van der Waals surface area contributed by atoms with E-state index in [1.165, 1.54) is 0 Å². The molecule has 0 bridgehead atoms. The van der Waals surface area contributed by atoms with Crippen LogP contribution in [0.5, 0.6) is 0 Å². The zero-order valence-corrected chi connectivity index (χ0v) is 3.44. The standard InChI is InChI=1S/C2ClN2O/c3-2-1-4-6-5-2. The first-order valence-electron chi connectivity index (χ1n) is 1.25. The third-order valence-electron chi connectivity index (χ3n) is 0.300. The Balaban J connectivity index is 3.05. The molecule has 1 aromatic rings. The molecule has 1 radical (unpaired) electrons. The number of hydrogen-bond donors (Lipinski definition) is 0. The van der Waals surface area contributed by atoms with Crippen LogP contribution in [0.2, 0.25) is 5.15 Å². The van der Waals surface area contributed by atoms with E-state index in [1.54, 1.807) is 0 Å². The summed E-state index contributed by atoms with van der Waals surface area (Å²) < 4.78 is 4.03. The topological polar surface area (TPSA) is 38.9 Å². The van der Waals surface area contributed by atoms with Gasteiger partial charge in [0.25, 0.3) is 0 Å². The fourth-order valence-electron chi connectivity index (χ4n) is 0.135. The summed E-state index contributed by atoms with van der Waals surface area (Å²) in [5, 5.41) is 6.38. The van der Waals surface area contributed by atoms with Gasteiger partial charge in [-0.05, 0) is 10.3 Å². The molecule has 0 spiro atoms. The third kappa shape index (κ3) is 0.490. The van der Waals surface area contributed by atoms with Gasteiger partial charge in [0, 0.05) is 0 Å². The summed E-state index contributed by atoms with van der Waals surface area (Å²) in [7, 11) is 0. The highest BCUT2D eigenvalue weighted by Crippen LogP contribution is 1.94. The third-order valence-corrected chi connectivity index (χ3v) is 0.453. The zero-order valence-electron chi connectivity index (χ0n) is 2.68. The number of aromatic nitrogens is 2. The van der Waals surface area contributed by atoms with E-state index in [0.29, 0.717) is 0 Å². The fourth-order valence-corrected chi connectivity index (χ4v) is 0.200. The van der Waals surface area contributed by atoms with E-state index >= 15 is 0 Å². The molecule has 31 valence electrons. The highest BCUT2D eigenvalue weighted by atomic mass is 35.5. The monoisotopic (exact) mass is 103 g/mol. The van der Waals surface area contributed by atoms with Crippen molar-refractivity contribution >= 4 is 11.6 Å². The minimum absolute atomic E-state index is 0.162. The summed E-state index contributed by atoms with van der Waals surface area (Å²) in [5.41, 5.74) is 0. The minimum Gasteiger partial charge on any atom is -0.242 e. The average molecular weight is 103 g/mol. The van der Waals surface area contributed by atoms with Gasteiger partial charge in [-0.1, -0.05) is 11.6 Å². The molecular weight excluding hydrogens is 103 g/mol. The van der Waals surface area contributed by atoms with Crippen LogP contribution >= 0.6 is 11.6 Å². The molecule has 0 aliphatic rings. The molecule has 0 atom stereocenters. The first-order valence-corrected chi connectivity index (χ1v) is 1.63. The van der Waals surface area contributed by atoms with Crippen molar-refractivity contribution < 1.29 is 4.63 Å². The molecule has 0 saturated carbocycles. The lowest BCUT2D eigenvalue weighted by molar-refractivity contribution is 0.306. The molecule has 0 aliphatic carbocycles. The summed E-state index contributed by atoms with van der Waals surface area (Å²) in [5.74, 6) is 0. The molecular formula is C2ClN2O. The van der Waals surface area contributed by atoms with Gasteiger partial charge in [0.05, 0.1) is 0 Å². The molecule has 4 heteroatoms. The molecule has 0 fully saturated rings. The van der Waals surface area contributed by atoms with E-state index in [4.69, 9.17) is 11.6 Å². The summed E-state index contributed by atoms with van der Waals surface area (Å²) in [4.78, 5) is 0. The minimum atomic E-state index is 0.162. The second-order valence-corrected chi connectivity index (χ2v) is 1.02. The number of nitrogens with zero attached hydrogens (tertiary/aromatic N) is 2. The van der Waals surface area contributed by atoms with Crippen LogP contribution < -0.4 is 0 Å². The Bertz CT molecular complexity index is 115. The Morgan fingerprint density at radius 2 is 2.67 bits per heavy atom. The van der Waals surface area contributed by atoms with Crippen molar-refractivity contribution in [3.63, 3.8) is 0 Å². The summed E-state index contributed by atoms with van der Waals surface area (Å²) in [6.45, 7) is 0. The van der Waals surface area contributed by atoms with E-state index in [2.05, 4.69) is 21.1 Å². The smallest absolute Gasteiger partial charge is 0.203 e. The number of hydrogen-bond acceptors (Lipinski definition) is 3. The van der Waals surface area contributed by atoms with Gasteiger partial charge >= 0.3 is 0 Å². The van der Waals surface area contributed by atoms with Crippen LogP contribution in [0.15, 0.2) is 4.63 Å². The first-order chi connectivity index (χ1) is 2.89. The van der Waals surface area contributed by atoms with Crippen molar-refractivity contribution in [1.82, 2.24) is 10.3 Å². The SMILES string of the molecule is Clc1[c]non1. The van der Waals surface area contributed by atoms with Crippen molar-refractivity contribution in [2.24, 2.45) is 0 Å². The maximum absolute atomic E-state index is 5.13. The highest BCUT2D eigenvalue weighted by molar-refractivity contribution is 6.29. The van der Waals surface area contributed by atoms with Crippen LogP contribution in [0, 0.1) is 6.20 Å². The molecule has 0 amide bonds. The Kier molecular flexibility index (Phi) is 0.759. The van der Waals surface area contributed by atoms with Crippen molar-refractivity contribution in [2.45, 2.75) is 0 Å². The molecule has 1 aromatic heterocycles. The number of rotatable bonds is 0. The first kappa shape index (κ1) is 3.61.